The van der Waals surface area contributed by atoms with E-state index >= 15 is 0 Å². The molecule has 0 bridgehead atoms. The second-order valence-corrected chi connectivity index (χ2v) is 4.13. The molecule has 0 radical (unpaired) electrons. The highest BCUT2D eigenvalue weighted by molar-refractivity contribution is 5.72. The van der Waals surface area contributed by atoms with Crippen molar-refractivity contribution in [2.24, 2.45) is 0 Å². The van der Waals surface area contributed by atoms with Crippen molar-refractivity contribution in [3.63, 3.8) is 0 Å². The molecule has 1 aromatic heterocycles. The average molecular weight is 297 g/mol. The molecule has 1 aromatic carbocycles. The van der Waals surface area contributed by atoms with E-state index in [1.807, 2.05) is 0 Å². The Kier molecular flexibility index (Phi) is 4.11. The SMILES string of the molecule is O=C(O)COc1ccc(C(F)(F)F)cc1-c1cccnc1. The molecule has 1 heterocycles. The van der Waals surface area contributed by atoms with Gasteiger partial charge in [0.2, 0.25) is 0 Å². The molecule has 0 saturated carbocycles. The first-order chi connectivity index (χ1) is 9.88. The predicted molar refractivity (Wildman–Crippen MR) is 67.8 cm³/mol. The van der Waals surface area contributed by atoms with Gasteiger partial charge in [0.1, 0.15) is 5.75 Å². The third kappa shape index (κ3) is 3.71. The van der Waals surface area contributed by atoms with Gasteiger partial charge < -0.3 is 9.84 Å². The van der Waals surface area contributed by atoms with Crippen molar-refractivity contribution in [2.75, 3.05) is 6.61 Å². The minimum absolute atomic E-state index is 0.0541. The number of rotatable bonds is 4. The van der Waals surface area contributed by atoms with E-state index in [9.17, 15) is 18.0 Å². The van der Waals surface area contributed by atoms with Crippen LogP contribution in [0.25, 0.3) is 11.1 Å². The van der Waals surface area contributed by atoms with Crippen LogP contribution >= 0.6 is 0 Å². The van der Waals surface area contributed by atoms with E-state index in [1.165, 1.54) is 12.4 Å². The lowest BCUT2D eigenvalue weighted by Crippen LogP contribution is -2.11. The number of ether oxygens (including phenoxy) is 1. The number of carboxylic acid groups (broad SMARTS) is 1. The highest BCUT2D eigenvalue weighted by Gasteiger charge is 2.31. The van der Waals surface area contributed by atoms with Gasteiger partial charge in [-0.25, -0.2) is 4.79 Å². The largest absolute Gasteiger partial charge is 0.481 e. The van der Waals surface area contributed by atoms with Crippen LogP contribution in [0.2, 0.25) is 0 Å². The molecule has 0 fully saturated rings. The van der Waals surface area contributed by atoms with Crippen molar-refractivity contribution >= 4 is 5.97 Å². The minimum Gasteiger partial charge on any atom is -0.481 e. The average Bonchev–Trinajstić information content (AvgIpc) is 2.45. The van der Waals surface area contributed by atoms with E-state index < -0.39 is 24.3 Å². The highest BCUT2D eigenvalue weighted by atomic mass is 19.4. The van der Waals surface area contributed by atoms with E-state index in [1.54, 1.807) is 12.1 Å². The van der Waals surface area contributed by atoms with Crippen LogP contribution in [0.1, 0.15) is 5.56 Å². The number of carboxylic acids is 1. The van der Waals surface area contributed by atoms with Gasteiger partial charge in [-0.1, -0.05) is 6.07 Å². The van der Waals surface area contributed by atoms with Crippen molar-refractivity contribution in [3.05, 3.63) is 48.3 Å². The maximum absolute atomic E-state index is 12.8. The fraction of sp³-hybridized carbons (Fsp3) is 0.143. The molecule has 7 heteroatoms. The van der Waals surface area contributed by atoms with Crippen LogP contribution in [-0.4, -0.2) is 22.7 Å². The summed E-state index contributed by atoms with van der Waals surface area (Å²) in [7, 11) is 0. The normalized spacial score (nSPS) is 11.2. The molecule has 0 amide bonds. The summed E-state index contributed by atoms with van der Waals surface area (Å²) in [6.45, 7) is -0.640. The Balaban J connectivity index is 2.48. The van der Waals surface area contributed by atoms with E-state index in [0.29, 0.717) is 5.56 Å². The van der Waals surface area contributed by atoms with E-state index in [2.05, 4.69) is 4.98 Å². The summed E-state index contributed by atoms with van der Waals surface area (Å²) in [5.74, 6) is -1.16. The van der Waals surface area contributed by atoms with Gasteiger partial charge in [0.15, 0.2) is 6.61 Å². The lowest BCUT2D eigenvalue weighted by atomic mass is 10.0. The van der Waals surface area contributed by atoms with Crippen molar-refractivity contribution in [2.45, 2.75) is 6.18 Å². The number of carbonyl (C=O) groups is 1. The van der Waals surface area contributed by atoms with Gasteiger partial charge in [-0.2, -0.15) is 13.2 Å². The standard InChI is InChI=1S/C14H10F3NO3/c15-14(16,17)10-3-4-12(21-8-13(19)20)11(6-10)9-2-1-5-18-7-9/h1-7H,8H2,(H,19,20). The number of aliphatic carboxylic acids is 1. The summed E-state index contributed by atoms with van der Waals surface area (Å²) in [4.78, 5) is 14.4. The summed E-state index contributed by atoms with van der Waals surface area (Å²) >= 11 is 0. The van der Waals surface area contributed by atoms with Gasteiger partial charge in [-0.05, 0) is 24.3 Å². The second-order valence-electron chi connectivity index (χ2n) is 4.13. The predicted octanol–water partition coefficient (Wildman–Crippen LogP) is 3.23. The Morgan fingerprint density at radius 2 is 2.05 bits per heavy atom. The monoisotopic (exact) mass is 297 g/mol. The highest BCUT2D eigenvalue weighted by Crippen LogP contribution is 2.36. The van der Waals surface area contributed by atoms with Gasteiger partial charge in [0, 0.05) is 23.5 Å². The van der Waals surface area contributed by atoms with Crippen molar-refractivity contribution < 1.29 is 27.8 Å². The van der Waals surface area contributed by atoms with E-state index in [4.69, 9.17) is 9.84 Å². The van der Waals surface area contributed by atoms with Gasteiger partial charge >= 0.3 is 12.1 Å². The number of nitrogens with zero attached hydrogens (tertiary/aromatic N) is 1. The molecule has 0 aliphatic carbocycles. The van der Waals surface area contributed by atoms with Gasteiger partial charge in [0.05, 0.1) is 5.56 Å². The number of aromatic nitrogens is 1. The first-order valence-electron chi connectivity index (χ1n) is 5.84. The lowest BCUT2D eigenvalue weighted by Gasteiger charge is -2.13. The second kappa shape index (κ2) is 5.82. The molecule has 21 heavy (non-hydrogen) atoms. The zero-order chi connectivity index (χ0) is 15.5. The minimum atomic E-state index is -4.50. The van der Waals surface area contributed by atoms with Gasteiger partial charge in [-0.15, -0.1) is 0 Å². The Morgan fingerprint density at radius 3 is 2.62 bits per heavy atom. The van der Waals surface area contributed by atoms with Crippen LogP contribution < -0.4 is 4.74 Å². The molecule has 0 saturated heterocycles. The topological polar surface area (TPSA) is 59.4 Å². The van der Waals surface area contributed by atoms with Crippen LogP contribution in [0.3, 0.4) is 0 Å². The maximum Gasteiger partial charge on any atom is 0.416 e. The number of pyridine rings is 1. The molecular weight excluding hydrogens is 287 g/mol. The molecule has 0 aliphatic heterocycles. The number of alkyl halides is 3. The van der Waals surface area contributed by atoms with Crippen molar-refractivity contribution in [3.8, 4) is 16.9 Å². The van der Waals surface area contributed by atoms with Crippen LogP contribution in [0, 0.1) is 0 Å². The van der Waals surface area contributed by atoms with Crippen LogP contribution in [0.5, 0.6) is 5.75 Å². The molecule has 0 unspecified atom stereocenters. The molecule has 0 spiro atoms. The molecule has 2 rings (SSSR count). The third-order valence-electron chi connectivity index (χ3n) is 2.63. The summed E-state index contributed by atoms with van der Waals surface area (Å²) in [5, 5.41) is 8.60. The molecule has 0 atom stereocenters. The maximum atomic E-state index is 12.8. The fourth-order valence-corrected chi connectivity index (χ4v) is 1.72. The van der Waals surface area contributed by atoms with Gasteiger partial charge in [-0.3, -0.25) is 4.98 Å². The summed E-state index contributed by atoms with van der Waals surface area (Å²) in [6, 6.07) is 5.99. The number of hydrogen-bond donors (Lipinski definition) is 1. The van der Waals surface area contributed by atoms with Crippen LogP contribution in [-0.2, 0) is 11.0 Å². The van der Waals surface area contributed by atoms with E-state index in [-0.39, 0.29) is 11.3 Å². The Morgan fingerprint density at radius 1 is 1.29 bits per heavy atom. The molecule has 110 valence electrons. The summed E-state index contributed by atoms with van der Waals surface area (Å²) in [6.07, 6.45) is -1.64. The van der Waals surface area contributed by atoms with Crippen molar-refractivity contribution in [1.82, 2.24) is 4.98 Å². The zero-order valence-electron chi connectivity index (χ0n) is 10.6. The molecular formula is C14H10F3NO3. The van der Waals surface area contributed by atoms with Gasteiger partial charge in [0.25, 0.3) is 0 Å². The quantitative estimate of drug-likeness (QED) is 0.941. The first kappa shape index (κ1) is 14.8. The lowest BCUT2D eigenvalue weighted by molar-refractivity contribution is -0.140. The third-order valence-corrected chi connectivity index (χ3v) is 2.63. The Labute approximate surface area is 117 Å². The van der Waals surface area contributed by atoms with Crippen molar-refractivity contribution in [1.29, 1.82) is 0 Å². The summed E-state index contributed by atoms with van der Waals surface area (Å²) < 4.78 is 43.4. The molecule has 4 nitrogen and oxygen atoms in total. The zero-order valence-corrected chi connectivity index (χ0v) is 10.6. The first-order valence-corrected chi connectivity index (χ1v) is 5.84. The fourth-order valence-electron chi connectivity index (χ4n) is 1.72. The van der Waals surface area contributed by atoms with Crippen LogP contribution in [0.4, 0.5) is 13.2 Å². The Hall–Kier alpha value is -2.57. The summed E-state index contributed by atoms with van der Waals surface area (Å²) in [5.41, 5.74) is -0.299. The smallest absolute Gasteiger partial charge is 0.416 e. The van der Waals surface area contributed by atoms with Crippen LogP contribution in [0.15, 0.2) is 42.7 Å². The number of hydrogen-bond acceptors (Lipinski definition) is 3. The number of benzene rings is 1. The molecule has 0 aliphatic rings. The Bertz CT molecular complexity index is 642. The molecule has 2 aromatic rings. The number of halogens is 3. The van der Waals surface area contributed by atoms with E-state index in [0.717, 1.165) is 18.2 Å². The molecule has 1 N–H and O–H groups in total.